The molecule has 52 valence electrons. The van der Waals surface area contributed by atoms with Crippen molar-refractivity contribution in [2.75, 3.05) is 13.6 Å². The Balaban J connectivity index is 3.48. The van der Waals surface area contributed by atoms with Crippen molar-refractivity contribution < 1.29 is 0 Å². The first-order valence-electron chi connectivity index (χ1n) is 3.26. The van der Waals surface area contributed by atoms with Crippen LogP contribution in [0.25, 0.3) is 0 Å². The molecule has 0 aromatic carbocycles. The van der Waals surface area contributed by atoms with Crippen LogP contribution in [0.5, 0.6) is 0 Å². The second kappa shape index (κ2) is 4.34. The van der Waals surface area contributed by atoms with Crippen molar-refractivity contribution in [2.45, 2.75) is 13.8 Å². The molecule has 1 N–H and O–H groups in total. The van der Waals surface area contributed by atoms with Crippen molar-refractivity contribution in [3.8, 4) is 6.07 Å². The van der Waals surface area contributed by atoms with E-state index in [1.54, 1.807) is 0 Å². The first-order chi connectivity index (χ1) is 4.22. The largest absolute Gasteiger partial charge is 0.319 e. The fraction of sp³-hybridized carbons (Fsp3) is 0.857. The fourth-order valence-corrected chi connectivity index (χ4v) is 0.626. The Morgan fingerprint density at radius 1 is 1.56 bits per heavy atom. The number of nitrogens with one attached hydrogen (secondary N) is 1. The van der Waals surface area contributed by atoms with E-state index in [1.165, 1.54) is 0 Å². The second-order valence-electron chi connectivity index (χ2n) is 2.45. The standard InChI is InChI=1S/C7H14N2/c1-6(4-8)7(2)5-9-3/h6-7,9H,5H2,1-3H3. The molecule has 0 aromatic heterocycles. The van der Waals surface area contributed by atoms with E-state index in [0.29, 0.717) is 5.92 Å². The second-order valence-corrected chi connectivity index (χ2v) is 2.45. The third kappa shape index (κ3) is 3.10. The molecule has 0 spiro atoms. The Hall–Kier alpha value is -0.550. The molecule has 9 heavy (non-hydrogen) atoms. The van der Waals surface area contributed by atoms with Crippen LogP contribution in [0.15, 0.2) is 0 Å². The zero-order chi connectivity index (χ0) is 7.28. The average Bonchev–Trinajstić information content (AvgIpc) is 1.87. The molecule has 0 saturated heterocycles. The summed E-state index contributed by atoms with van der Waals surface area (Å²) in [5.74, 6) is 0.623. The summed E-state index contributed by atoms with van der Waals surface area (Å²) in [7, 11) is 1.90. The number of hydrogen-bond donors (Lipinski definition) is 1. The number of nitriles is 1. The third-order valence-corrected chi connectivity index (χ3v) is 1.58. The van der Waals surface area contributed by atoms with E-state index in [9.17, 15) is 0 Å². The molecule has 0 heterocycles. The van der Waals surface area contributed by atoms with E-state index in [1.807, 2.05) is 14.0 Å². The molecule has 2 atom stereocenters. The fourth-order valence-electron chi connectivity index (χ4n) is 0.626. The zero-order valence-electron chi connectivity index (χ0n) is 6.31. The van der Waals surface area contributed by atoms with Gasteiger partial charge in [-0.25, -0.2) is 0 Å². The smallest absolute Gasteiger partial charge is 0.0656 e. The van der Waals surface area contributed by atoms with Crippen LogP contribution >= 0.6 is 0 Å². The molecule has 0 fully saturated rings. The average molecular weight is 126 g/mol. The van der Waals surface area contributed by atoms with Gasteiger partial charge in [-0.05, 0) is 26.4 Å². The number of hydrogen-bond acceptors (Lipinski definition) is 2. The first kappa shape index (κ1) is 8.45. The lowest BCUT2D eigenvalue weighted by atomic mass is 9.98. The van der Waals surface area contributed by atoms with Gasteiger partial charge in [-0.15, -0.1) is 0 Å². The minimum absolute atomic E-state index is 0.164. The summed E-state index contributed by atoms with van der Waals surface area (Å²) < 4.78 is 0. The van der Waals surface area contributed by atoms with Crippen LogP contribution in [-0.4, -0.2) is 13.6 Å². The topological polar surface area (TPSA) is 35.8 Å². The molecular formula is C7H14N2. The van der Waals surface area contributed by atoms with Crippen LogP contribution in [0.4, 0.5) is 0 Å². The lowest BCUT2D eigenvalue weighted by molar-refractivity contribution is 0.449. The van der Waals surface area contributed by atoms with E-state index in [2.05, 4.69) is 18.3 Å². The van der Waals surface area contributed by atoms with Gasteiger partial charge in [0.2, 0.25) is 0 Å². The highest BCUT2D eigenvalue weighted by atomic mass is 14.8. The first-order valence-corrected chi connectivity index (χ1v) is 3.26. The zero-order valence-corrected chi connectivity index (χ0v) is 6.31. The summed E-state index contributed by atoms with van der Waals surface area (Å²) in [5, 5.41) is 11.5. The molecule has 2 heteroatoms. The Labute approximate surface area is 56.9 Å². The van der Waals surface area contributed by atoms with Gasteiger partial charge in [0.1, 0.15) is 0 Å². The normalized spacial score (nSPS) is 16.2. The highest BCUT2D eigenvalue weighted by molar-refractivity contribution is 4.83. The maximum Gasteiger partial charge on any atom is 0.0656 e. The van der Waals surface area contributed by atoms with Crippen molar-refractivity contribution in [1.82, 2.24) is 5.32 Å². The SMILES string of the molecule is CNCC(C)C(C)C#N. The van der Waals surface area contributed by atoms with E-state index in [4.69, 9.17) is 5.26 Å². The van der Waals surface area contributed by atoms with Gasteiger partial charge in [-0.2, -0.15) is 5.26 Å². The molecule has 0 aliphatic carbocycles. The van der Waals surface area contributed by atoms with Gasteiger partial charge >= 0.3 is 0 Å². The molecule has 2 nitrogen and oxygen atoms in total. The van der Waals surface area contributed by atoms with E-state index in [0.717, 1.165) is 6.54 Å². The summed E-state index contributed by atoms with van der Waals surface area (Å²) in [6, 6.07) is 2.21. The van der Waals surface area contributed by atoms with E-state index in [-0.39, 0.29) is 5.92 Å². The molecule has 0 radical (unpaired) electrons. The maximum atomic E-state index is 8.45. The summed E-state index contributed by atoms with van der Waals surface area (Å²) in [4.78, 5) is 0. The Morgan fingerprint density at radius 3 is 2.44 bits per heavy atom. The monoisotopic (exact) mass is 126 g/mol. The predicted octanol–water partition coefficient (Wildman–Crippen LogP) is 1.00. The molecule has 2 unspecified atom stereocenters. The summed E-state index contributed by atoms with van der Waals surface area (Å²) in [6.45, 7) is 4.95. The Morgan fingerprint density at radius 2 is 2.11 bits per heavy atom. The van der Waals surface area contributed by atoms with Crippen LogP contribution in [0.3, 0.4) is 0 Å². The minimum Gasteiger partial charge on any atom is -0.319 e. The molecule has 0 saturated carbocycles. The van der Waals surface area contributed by atoms with Gasteiger partial charge in [-0.1, -0.05) is 6.92 Å². The van der Waals surface area contributed by atoms with Crippen LogP contribution < -0.4 is 5.32 Å². The van der Waals surface area contributed by atoms with Gasteiger partial charge in [-0.3, -0.25) is 0 Å². The molecule has 0 amide bonds. The van der Waals surface area contributed by atoms with Gasteiger partial charge in [0.25, 0.3) is 0 Å². The summed E-state index contributed by atoms with van der Waals surface area (Å²) >= 11 is 0. The van der Waals surface area contributed by atoms with Crippen molar-refractivity contribution in [2.24, 2.45) is 11.8 Å². The van der Waals surface area contributed by atoms with Gasteiger partial charge in [0, 0.05) is 5.92 Å². The van der Waals surface area contributed by atoms with Gasteiger partial charge in [0.05, 0.1) is 6.07 Å². The lowest BCUT2D eigenvalue weighted by Gasteiger charge is -2.11. The van der Waals surface area contributed by atoms with Crippen molar-refractivity contribution in [3.63, 3.8) is 0 Å². The number of rotatable bonds is 3. The minimum atomic E-state index is 0.164. The van der Waals surface area contributed by atoms with Crippen LogP contribution in [0, 0.1) is 23.2 Å². The Kier molecular flexibility index (Phi) is 4.08. The molecule has 0 rings (SSSR count). The third-order valence-electron chi connectivity index (χ3n) is 1.58. The van der Waals surface area contributed by atoms with Gasteiger partial charge in [0.15, 0.2) is 0 Å². The summed E-state index contributed by atoms with van der Waals surface area (Å²) in [6.07, 6.45) is 0. The maximum absolute atomic E-state index is 8.45. The van der Waals surface area contributed by atoms with Crippen LogP contribution in [0.1, 0.15) is 13.8 Å². The molecule has 0 aliphatic rings. The highest BCUT2D eigenvalue weighted by Gasteiger charge is 2.08. The Bertz CT molecular complexity index is 104. The summed E-state index contributed by atoms with van der Waals surface area (Å²) in [5.41, 5.74) is 0. The van der Waals surface area contributed by atoms with E-state index >= 15 is 0 Å². The molecule has 0 aliphatic heterocycles. The number of nitrogens with zero attached hydrogens (tertiary/aromatic N) is 1. The van der Waals surface area contributed by atoms with E-state index < -0.39 is 0 Å². The molecular weight excluding hydrogens is 112 g/mol. The predicted molar refractivity (Wildman–Crippen MR) is 37.9 cm³/mol. The highest BCUT2D eigenvalue weighted by Crippen LogP contribution is 2.06. The molecule has 0 aromatic rings. The quantitative estimate of drug-likeness (QED) is 0.612. The molecule has 0 bridgehead atoms. The van der Waals surface area contributed by atoms with Gasteiger partial charge < -0.3 is 5.32 Å². The van der Waals surface area contributed by atoms with Crippen LogP contribution in [0.2, 0.25) is 0 Å². The van der Waals surface area contributed by atoms with Crippen molar-refractivity contribution in [3.05, 3.63) is 0 Å². The van der Waals surface area contributed by atoms with Crippen LogP contribution in [-0.2, 0) is 0 Å². The van der Waals surface area contributed by atoms with Crippen molar-refractivity contribution >= 4 is 0 Å². The van der Waals surface area contributed by atoms with Crippen molar-refractivity contribution in [1.29, 1.82) is 5.26 Å². The lowest BCUT2D eigenvalue weighted by Crippen LogP contribution is -2.20.